The molecule has 0 radical (unpaired) electrons. The van der Waals surface area contributed by atoms with Crippen LogP contribution in [0.1, 0.15) is 31.2 Å². The van der Waals surface area contributed by atoms with E-state index in [4.69, 9.17) is 0 Å². The number of aliphatic hydroxyl groups is 1. The molecule has 21 heavy (non-hydrogen) atoms. The Morgan fingerprint density at radius 3 is 2.48 bits per heavy atom. The predicted molar refractivity (Wildman–Crippen MR) is 86.3 cm³/mol. The van der Waals surface area contributed by atoms with Crippen LogP contribution in [0.5, 0.6) is 0 Å². The summed E-state index contributed by atoms with van der Waals surface area (Å²) in [6, 6.07) is 11.3. The van der Waals surface area contributed by atoms with Crippen LogP contribution < -0.4 is 5.32 Å². The number of rotatable bonds is 9. The van der Waals surface area contributed by atoms with Gasteiger partial charge in [-0.15, -0.1) is 0 Å². The lowest BCUT2D eigenvalue weighted by Crippen LogP contribution is -2.58. The summed E-state index contributed by atoms with van der Waals surface area (Å²) in [5.74, 6) is 0.669. The van der Waals surface area contributed by atoms with E-state index in [1.807, 2.05) is 0 Å². The zero-order valence-corrected chi connectivity index (χ0v) is 13.1. The number of hydrogen-bond acceptors (Lipinski definition) is 3. The third-order valence-corrected chi connectivity index (χ3v) is 4.89. The molecule has 1 unspecified atom stereocenters. The smallest absolute Gasteiger partial charge is 0.0628 e. The Morgan fingerprint density at radius 2 is 1.90 bits per heavy atom. The van der Waals surface area contributed by atoms with Crippen LogP contribution in [-0.4, -0.2) is 48.3 Å². The molecule has 1 aromatic rings. The summed E-state index contributed by atoms with van der Waals surface area (Å²) >= 11 is 0. The van der Waals surface area contributed by atoms with Gasteiger partial charge in [-0.05, 0) is 50.6 Å². The first-order valence-electron chi connectivity index (χ1n) is 8.33. The molecule has 1 atom stereocenters. The van der Waals surface area contributed by atoms with Crippen LogP contribution in [0.15, 0.2) is 30.3 Å². The summed E-state index contributed by atoms with van der Waals surface area (Å²) in [5.41, 5.74) is 1.33. The molecule has 1 aromatic carbocycles. The maximum absolute atomic E-state index is 10.0. The molecule has 0 bridgehead atoms. The lowest BCUT2D eigenvalue weighted by Gasteiger charge is -2.37. The molecule has 2 saturated carbocycles. The fraction of sp³-hybridized carbons (Fsp3) is 0.667. The van der Waals surface area contributed by atoms with Crippen LogP contribution in [0.25, 0.3) is 0 Å². The highest BCUT2D eigenvalue weighted by Gasteiger charge is 2.47. The van der Waals surface area contributed by atoms with E-state index in [2.05, 4.69) is 47.6 Å². The van der Waals surface area contributed by atoms with Crippen molar-refractivity contribution in [1.29, 1.82) is 0 Å². The minimum atomic E-state index is -0.0629. The van der Waals surface area contributed by atoms with Crippen molar-refractivity contribution < 1.29 is 5.11 Å². The van der Waals surface area contributed by atoms with E-state index in [0.717, 1.165) is 19.5 Å². The van der Waals surface area contributed by atoms with Gasteiger partial charge in [0.1, 0.15) is 0 Å². The molecule has 3 rings (SSSR count). The first kappa shape index (κ1) is 15.0. The molecular formula is C18H28N2O. The van der Waals surface area contributed by atoms with Gasteiger partial charge in [0.15, 0.2) is 0 Å². The maximum Gasteiger partial charge on any atom is 0.0628 e. The van der Waals surface area contributed by atoms with Crippen LogP contribution >= 0.6 is 0 Å². The fourth-order valence-corrected chi connectivity index (χ4v) is 3.31. The van der Waals surface area contributed by atoms with Crippen molar-refractivity contribution in [3.63, 3.8) is 0 Å². The maximum atomic E-state index is 10.0. The van der Waals surface area contributed by atoms with Crippen LogP contribution in [-0.2, 0) is 6.42 Å². The van der Waals surface area contributed by atoms with Gasteiger partial charge >= 0.3 is 0 Å². The number of nitrogens with zero attached hydrogens (tertiary/aromatic N) is 1. The number of benzene rings is 1. The van der Waals surface area contributed by atoms with Crippen LogP contribution in [0, 0.1) is 5.92 Å². The molecule has 0 amide bonds. The molecule has 2 aliphatic rings. The summed E-state index contributed by atoms with van der Waals surface area (Å²) in [5, 5.41) is 13.8. The molecule has 0 aromatic heterocycles. The highest BCUT2D eigenvalue weighted by molar-refractivity contribution is 5.15. The zero-order valence-electron chi connectivity index (χ0n) is 13.1. The summed E-state index contributed by atoms with van der Waals surface area (Å²) < 4.78 is 0. The van der Waals surface area contributed by atoms with E-state index in [0.29, 0.717) is 12.0 Å². The van der Waals surface area contributed by atoms with Crippen molar-refractivity contribution in [1.82, 2.24) is 10.2 Å². The molecule has 2 fully saturated rings. The molecular weight excluding hydrogens is 260 g/mol. The van der Waals surface area contributed by atoms with Crippen molar-refractivity contribution >= 4 is 0 Å². The largest absolute Gasteiger partial charge is 0.394 e. The molecule has 0 aliphatic heterocycles. The van der Waals surface area contributed by atoms with Gasteiger partial charge in [-0.2, -0.15) is 0 Å². The quantitative estimate of drug-likeness (QED) is 0.730. The minimum Gasteiger partial charge on any atom is -0.394 e. The molecule has 2 N–H and O–H groups in total. The lowest BCUT2D eigenvalue weighted by molar-refractivity contribution is 0.0993. The number of likely N-dealkylation sites (N-methyl/N-ethyl adjacent to an activating group) is 1. The Morgan fingerprint density at radius 1 is 1.19 bits per heavy atom. The molecule has 0 heterocycles. The third kappa shape index (κ3) is 4.06. The van der Waals surface area contributed by atoms with Gasteiger partial charge in [-0.1, -0.05) is 30.3 Å². The summed E-state index contributed by atoms with van der Waals surface area (Å²) in [6.07, 6.45) is 6.18. The summed E-state index contributed by atoms with van der Waals surface area (Å²) in [7, 11) is 2.18. The molecule has 0 saturated heterocycles. The second-order valence-electron chi connectivity index (χ2n) is 6.98. The monoisotopic (exact) mass is 288 g/mol. The highest BCUT2D eigenvalue weighted by Crippen LogP contribution is 2.41. The Kier molecular flexibility index (Phi) is 4.63. The Bertz CT molecular complexity index is 442. The van der Waals surface area contributed by atoms with Crippen LogP contribution in [0.3, 0.4) is 0 Å². The number of hydrogen-bond donors (Lipinski definition) is 2. The third-order valence-electron chi connectivity index (χ3n) is 4.89. The van der Waals surface area contributed by atoms with Gasteiger partial charge < -0.3 is 15.3 Å². The van der Waals surface area contributed by atoms with Gasteiger partial charge in [0.25, 0.3) is 0 Å². The van der Waals surface area contributed by atoms with Crippen molar-refractivity contribution in [2.45, 2.75) is 43.7 Å². The van der Waals surface area contributed by atoms with E-state index in [-0.39, 0.29) is 12.1 Å². The number of nitrogens with one attached hydrogen (secondary N) is 1. The van der Waals surface area contributed by atoms with Crippen molar-refractivity contribution in [2.24, 2.45) is 5.92 Å². The van der Waals surface area contributed by atoms with Crippen LogP contribution in [0.2, 0.25) is 0 Å². The average molecular weight is 288 g/mol. The average Bonchev–Trinajstić information content (AvgIpc) is 3.38. The van der Waals surface area contributed by atoms with Gasteiger partial charge in [0, 0.05) is 19.1 Å². The first-order chi connectivity index (χ1) is 10.2. The second-order valence-corrected chi connectivity index (χ2v) is 6.98. The van der Waals surface area contributed by atoms with Gasteiger partial charge in [0.05, 0.1) is 12.1 Å². The normalized spacial score (nSPS) is 21.5. The van der Waals surface area contributed by atoms with Gasteiger partial charge in [0.2, 0.25) is 0 Å². The molecule has 3 nitrogen and oxygen atoms in total. The molecule has 0 spiro atoms. The summed E-state index contributed by atoms with van der Waals surface area (Å²) in [4.78, 5) is 2.39. The Balaban J connectivity index is 1.54. The van der Waals surface area contributed by atoms with E-state index in [1.165, 1.54) is 31.2 Å². The second kappa shape index (κ2) is 6.47. The minimum absolute atomic E-state index is 0.0629. The SMILES string of the molecule is CN(CCc1ccccc1)CC(CO)(NC1CC1)C1CC1. The molecule has 3 heteroatoms. The van der Waals surface area contributed by atoms with Crippen molar-refractivity contribution in [3.05, 3.63) is 35.9 Å². The lowest BCUT2D eigenvalue weighted by atomic mass is 9.93. The standard InChI is InChI=1S/C18H28N2O/c1-20(12-11-15-5-3-2-4-6-15)13-18(14-21,16-7-8-16)19-17-9-10-17/h2-6,16-17,19,21H,7-14H2,1H3. The zero-order chi connectivity index (χ0) is 14.7. The Labute approximate surface area is 128 Å². The van der Waals surface area contributed by atoms with Crippen molar-refractivity contribution in [3.8, 4) is 0 Å². The first-order valence-corrected chi connectivity index (χ1v) is 8.33. The van der Waals surface area contributed by atoms with E-state index >= 15 is 0 Å². The molecule has 116 valence electrons. The number of aliphatic hydroxyl groups excluding tert-OH is 1. The Hall–Kier alpha value is -0.900. The fourth-order valence-electron chi connectivity index (χ4n) is 3.31. The van der Waals surface area contributed by atoms with E-state index in [9.17, 15) is 5.11 Å². The van der Waals surface area contributed by atoms with Gasteiger partial charge in [-0.25, -0.2) is 0 Å². The molecule has 2 aliphatic carbocycles. The topological polar surface area (TPSA) is 35.5 Å². The predicted octanol–water partition coefficient (Wildman–Crippen LogP) is 2.05. The van der Waals surface area contributed by atoms with Crippen molar-refractivity contribution in [2.75, 3.05) is 26.7 Å². The van der Waals surface area contributed by atoms with E-state index < -0.39 is 0 Å². The van der Waals surface area contributed by atoms with E-state index in [1.54, 1.807) is 0 Å². The van der Waals surface area contributed by atoms with Crippen LogP contribution in [0.4, 0.5) is 0 Å². The van der Waals surface area contributed by atoms with Gasteiger partial charge in [-0.3, -0.25) is 0 Å². The highest BCUT2D eigenvalue weighted by atomic mass is 16.3. The summed E-state index contributed by atoms with van der Waals surface area (Å²) in [6.45, 7) is 2.27.